The van der Waals surface area contributed by atoms with Gasteiger partial charge in [-0.25, -0.2) is 0 Å². The lowest BCUT2D eigenvalue weighted by Gasteiger charge is -2.03. The smallest absolute Gasteiger partial charge is 0.303 e. The minimum absolute atomic E-state index is 0.174. The van der Waals surface area contributed by atoms with E-state index >= 15 is 0 Å². The molecule has 0 bridgehead atoms. The number of carboxylic acids is 1. The molecule has 0 saturated carbocycles. The summed E-state index contributed by atoms with van der Waals surface area (Å²) in [6.07, 6.45) is 2.76. The number of carbonyl (C=O) groups is 2. The maximum atomic E-state index is 9.87. The summed E-state index contributed by atoms with van der Waals surface area (Å²) in [7, 11) is 0. The average molecular weight is 206 g/mol. The van der Waals surface area contributed by atoms with Crippen LogP contribution in [0.25, 0.3) is 0 Å². The van der Waals surface area contributed by atoms with Gasteiger partial charge in [0.05, 0.1) is 0 Å². The van der Waals surface area contributed by atoms with Crippen LogP contribution in [-0.4, -0.2) is 33.4 Å². The highest BCUT2D eigenvalue weighted by Crippen LogP contribution is 1.96. The van der Waals surface area contributed by atoms with Crippen molar-refractivity contribution in [2.24, 2.45) is 0 Å². The fourth-order valence-electron chi connectivity index (χ4n) is 0.504. The van der Waals surface area contributed by atoms with Gasteiger partial charge in [-0.05, 0) is 26.7 Å². The summed E-state index contributed by atoms with van der Waals surface area (Å²) in [6, 6.07) is 0. The van der Waals surface area contributed by atoms with Gasteiger partial charge < -0.3 is 20.1 Å². The van der Waals surface area contributed by atoms with Crippen molar-refractivity contribution in [1.82, 2.24) is 0 Å². The Hall–Kier alpha value is -0.940. The molecule has 0 aliphatic rings. The summed E-state index contributed by atoms with van der Waals surface area (Å²) in [5.41, 5.74) is 0. The minimum atomic E-state index is -1.50. The Morgan fingerprint density at radius 2 is 1.71 bits per heavy atom. The minimum Gasteiger partial charge on any atom is -0.481 e. The van der Waals surface area contributed by atoms with Gasteiger partial charge in [0.2, 0.25) is 0 Å². The molecule has 84 valence electrons. The van der Waals surface area contributed by atoms with Crippen molar-refractivity contribution in [3.05, 3.63) is 0 Å². The van der Waals surface area contributed by atoms with Crippen LogP contribution in [0.1, 0.15) is 39.5 Å². The molecular formula is C9H18O5. The van der Waals surface area contributed by atoms with Gasteiger partial charge in [-0.15, -0.1) is 0 Å². The summed E-state index contributed by atoms with van der Waals surface area (Å²) >= 11 is 0. The first kappa shape index (κ1) is 15.5. The summed E-state index contributed by atoms with van der Waals surface area (Å²) in [6.45, 7) is 2.60. The predicted octanol–water partition coefficient (Wildman–Crippen LogP) is 0.537. The maximum Gasteiger partial charge on any atom is 0.303 e. The molecule has 5 nitrogen and oxygen atoms in total. The van der Waals surface area contributed by atoms with Gasteiger partial charge in [-0.3, -0.25) is 4.79 Å². The van der Waals surface area contributed by atoms with E-state index in [0.717, 1.165) is 6.29 Å². The van der Waals surface area contributed by atoms with Gasteiger partial charge >= 0.3 is 5.97 Å². The van der Waals surface area contributed by atoms with Crippen LogP contribution in [0.5, 0.6) is 0 Å². The van der Waals surface area contributed by atoms with E-state index in [-0.39, 0.29) is 6.42 Å². The second-order valence-electron chi connectivity index (χ2n) is 3.30. The molecule has 0 saturated heterocycles. The van der Waals surface area contributed by atoms with Gasteiger partial charge in [0.1, 0.15) is 6.29 Å². The average Bonchev–Trinajstić information content (AvgIpc) is 1.94. The van der Waals surface area contributed by atoms with Crippen molar-refractivity contribution in [3.8, 4) is 0 Å². The number of rotatable bonds is 5. The Morgan fingerprint density at radius 3 is 2.00 bits per heavy atom. The molecule has 0 fully saturated rings. The van der Waals surface area contributed by atoms with E-state index in [2.05, 4.69) is 0 Å². The van der Waals surface area contributed by atoms with Crippen LogP contribution in [0.3, 0.4) is 0 Å². The third kappa shape index (κ3) is 43.7. The molecule has 0 unspecified atom stereocenters. The van der Waals surface area contributed by atoms with Crippen molar-refractivity contribution in [2.75, 3.05) is 0 Å². The quantitative estimate of drug-likeness (QED) is 0.346. The van der Waals surface area contributed by atoms with Crippen molar-refractivity contribution in [1.29, 1.82) is 0 Å². The van der Waals surface area contributed by atoms with Crippen molar-refractivity contribution < 1.29 is 24.9 Å². The largest absolute Gasteiger partial charge is 0.481 e. The fraction of sp³-hybridized carbons (Fsp3) is 0.778. The number of carboxylic acid groups (broad SMARTS) is 1. The Morgan fingerprint density at radius 1 is 1.29 bits per heavy atom. The number of hydrogen-bond donors (Lipinski definition) is 3. The SMILES string of the molecule is CC(C)(O)O.O=CCCCCC(=O)O. The first-order valence-electron chi connectivity index (χ1n) is 4.37. The molecule has 0 atom stereocenters. The molecule has 0 aliphatic heterocycles. The zero-order valence-corrected chi connectivity index (χ0v) is 8.56. The van der Waals surface area contributed by atoms with Crippen LogP contribution < -0.4 is 0 Å². The number of aliphatic carboxylic acids is 1. The Bertz CT molecular complexity index is 153. The lowest BCUT2D eigenvalue weighted by molar-refractivity contribution is -0.137. The van der Waals surface area contributed by atoms with Crippen LogP contribution in [0, 0.1) is 0 Å². The zero-order chi connectivity index (χ0) is 11.6. The zero-order valence-electron chi connectivity index (χ0n) is 8.56. The molecule has 0 radical (unpaired) electrons. The van der Waals surface area contributed by atoms with E-state index in [4.69, 9.17) is 15.3 Å². The monoisotopic (exact) mass is 206 g/mol. The normalized spacial score (nSPS) is 10.0. The molecule has 0 aromatic heterocycles. The summed E-state index contributed by atoms with van der Waals surface area (Å²) < 4.78 is 0. The molecule has 0 aliphatic carbocycles. The van der Waals surface area contributed by atoms with Crippen molar-refractivity contribution >= 4 is 12.3 Å². The second-order valence-corrected chi connectivity index (χ2v) is 3.30. The molecule has 0 heterocycles. The number of carbonyl (C=O) groups excluding carboxylic acids is 1. The molecule has 0 aromatic rings. The molecule has 5 heteroatoms. The highest BCUT2D eigenvalue weighted by molar-refractivity contribution is 5.66. The van der Waals surface area contributed by atoms with Gasteiger partial charge in [0.15, 0.2) is 5.79 Å². The highest BCUT2D eigenvalue weighted by Gasteiger charge is 2.00. The van der Waals surface area contributed by atoms with Crippen LogP contribution in [0.15, 0.2) is 0 Å². The van der Waals surface area contributed by atoms with Crippen LogP contribution >= 0.6 is 0 Å². The molecule has 3 N–H and O–H groups in total. The lowest BCUT2D eigenvalue weighted by atomic mass is 10.2. The van der Waals surface area contributed by atoms with Crippen LogP contribution in [0.4, 0.5) is 0 Å². The fourth-order valence-corrected chi connectivity index (χ4v) is 0.504. The van der Waals surface area contributed by atoms with Crippen LogP contribution in [0.2, 0.25) is 0 Å². The Kier molecular flexibility index (Phi) is 9.59. The molecule has 0 rings (SSSR count). The van der Waals surface area contributed by atoms with E-state index in [1.165, 1.54) is 13.8 Å². The number of hydrogen-bond acceptors (Lipinski definition) is 4. The predicted molar refractivity (Wildman–Crippen MR) is 50.7 cm³/mol. The van der Waals surface area contributed by atoms with E-state index in [9.17, 15) is 9.59 Å². The third-order valence-corrected chi connectivity index (χ3v) is 0.963. The van der Waals surface area contributed by atoms with E-state index in [1.807, 2.05) is 0 Å². The standard InChI is InChI=1S/C6H10O3.C3H8O2/c7-5-3-1-2-4-6(8)9;1-3(2,4)5/h5H,1-4H2,(H,8,9);4-5H,1-2H3. The topological polar surface area (TPSA) is 94.8 Å². The summed E-state index contributed by atoms with van der Waals surface area (Å²) in [5, 5.41) is 24.3. The van der Waals surface area contributed by atoms with Crippen molar-refractivity contribution in [2.45, 2.75) is 45.3 Å². The summed E-state index contributed by atoms with van der Waals surface area (Å²) in [4.78, 5) is 19.6. The first-order valence-corrected chi connectivity index (χ1v) is 4.37. The maximum absolute atomic E-state index is 9.87. The number of aldehydes is 1. The van der Waals surface area contributed by atoms with Crippen molar-refractivity contribution in [3.63, 3.8) is 0 Å². The molecular weight excluding hydrogens is 188 g/mol. The molecule has 0 amide bonds. The highest BCUT2D eigenvalue weighted by atomic mass is 16.5. The first-order chi connectivity index (χ1) is 6.27. The second kappa shape index (κ2) is 8.65. The third-order valence-electron chi connectivity index (χ3n) is 0.963. The van der Waals surface area contributed by atoms with Gasteiger partial charge in [0.25, 0.3) is 0 Å². The lowest BCUT2D eigenvalue weighted by Crippen LogP contribution is -2.15. The number of unbranched alkanes of at least 4 members (excludes halogenated alkanes) is 2. The van der Waals surface area contributed by atoms with Gasteiger partial charge in [-0.1, -0.05) is 0 Å². The van der Waals surface area contributed by atoms with E-state index < -0.39 is 11.8 Å². The number of aliphatic hydroxyl groups is 2. The van der Waals surface area contributed by atoms with E-state index in [0.29, 0.717) is 19.3 Å². The molecule has 0 spiro atoms. The molecule has 0 aromatic carbocycles. The van der Waals surface area contributed by atoms with E-state index in [1.54, 1.807) is 0 Å². The molecule has 14 heavy (non-hydrogen) atoms. The summed E-state index contributed by atoms with van der Waals surface area (Å²) in [5.74, 6) is -2.29. The van der Waals surface area contributed by atoms with Gasteiger partial charge in [-0.2, -0.15) is 0 Å². The Balaban J connectivity index is 0. The Labute approximate surface area is 83.4 Å². The van der Waals surface area contributed by atoms with Crippen LogP contribution in [-0.2, 0) is 9.59 Å². The van der Waals surface area contributed by atoms with Gasteiger partial charge in [0, 0.05) is 12.8 Å².